The molecule has 6 nitrogen and oxygen atoms in total. The molecule has 3 aromatic rings. The van der Waals surface area contributed by atoms with Crippen molar-refractivity contribution in [2.24, 2.45) is 0 Å². The Kier molecular flexibility index (Phi) is 4.40. The molecule has 4 rings (SSSR count). The third kappa shape index (κ3) is 3.37. The highest BCUT2D eigenvalue weighted by Gasteiger charge is 2.28. The average Bonchev–Trinajstić information content (AvgIpc) is 3.25. The van der Waals surface area contributed by atoms with Crippen molar-refractivity contribution in [1.82, 2.24) is 15.3 Å². The second-order valence-corrected chi connectivity index (χ2v) is 6.97. The Bertz CT molecular complexity index is 878. The van der Waals surface area contributed by atoms with Crippen LogP contribution in [-0.4, -0.2) is 35.0 Å². The van der Waals surface area contributed by atoms with E-state index >= 15 is 0 Å². The Morgan fingerprint density at radius 3 is 3.08 bits per heavy atom. The molecule has 1 saturated heterocycles. The third-order valence-corrected chi connectivity index (χ3v) is 4.80. The van der Waals surface area contributed by atoms with Crippen molar-refractivity contribution >= 4 is 39.0 Å². The van der Waals surface area contributed by atoms with Gasteiger partial charge in [0.15, 0.2) is 5.58 Å². The molecule has 25 heavy (non-hydrogen) atoms. The molecule has 128 valence electrons. The molecule has 1 fully saturated rings. The van der Waals surface area contributed by atoms with Crippen LogP contribution in [0.2, 0.25) is 0 Å². The van der Waals surface area contributed by atoms with E-state index in [1.165, 1.54) is 0 Å². The molecule has 1 atom stereocenters. The first kappa shape index (κ1) is 16.1. The molecule has 1 unspecified atom stereocenters. The Morgan fingerprint density at radius 1 is 1.36 bits per heavy atom. The maximum Gasteiger partial charge on any atom is 0.298 e. The van der Waals surface area contributed by atoms with E-state index in [1.807, 2.05) is 24.3 Å². The van der Waals surface area contributed by atoms with E-state index in [0.717, 1.165) is 35.0 Å². The number of hydrogen-bond acceptors (Lipinski definition) is 5. The van der Waals surface area contributed by atoms with Crippen LogP contribution in [-0.2, 0) is 0 Å². The number of nitrogens with zero attached hydrogens (tertiary/aromatic N) is 3. The van der Waals surface area contributed by atoms with Gasteiger partial charge < -0.3 is 14.6 Å². The van der Waals surface area contributed by atoms with Crippen molar-refractivity contribution in [3.63, 3.8) is 0 Å². The van der Waals surface area contributed by atoms with Crippen molar-refractivity contribution < 1.29 is 9.21 Å². The van der Waals surface area contributed by atoms with E-state index in [2.05, 4.69) is 36.1 Å². The SMILES string of the molecule is O=C(NCC1CCCN1c1nc2ccccc2o1)c1cncc(Br)c1. The number of benzene rings is 1. The van der Waals surface area contributed by atoms with E-state index < -0.39 is 0 Å². The fourth-order valence-electron chi connectivity index (χ4n) is 3.13. The van der Waals surface area contributed by atoms with Crippen molar-refractivity contribution in [3.8, 4) is 0 Å². The van der Waals surface area contributed by atoms with Crippen LogP contribution >= 0.6 is 15.9 Å². The maximum atomic E-state index is 12.3. The van der Waals surface area contributed by atoms with Crippen LogP contribution in [0, 0.1) is 0 Å². The average molecular weight is 401 g/mol. The number of carbonyl (C=O) groups is 1. The van der Waals surface area contributed by atoms with Gasteiger partial charge >= 0.3 is 0 Å². The molecular weight excluding hydrogens is 384 g/mol. The molecule has 0 bridgehead atoms. The lowest BCUT2D eigenvalue weighted by Crippen LogP contribution is -2.40. The van der Waals surface area contributed by atoms with Gasteiger partial charge in [0.05, 0.1) is 11.6 Å². The quantitative estimate of drug-likeness (QED) is 0.726. The van der Waals surface area contributed by atoms with Gasteiger partial charge in [-0.05, 0) is 47.0 Å². The first-order valence-corrected chi connectivity index (χ1v) is 9.01. The summed E-state index contributed by atoms with van der Waals surface area (Å²) in [4.78, 5) is 23.0. The number of carbonyl (C=O) groups excluding carboxylic acids is 1. The van der Waals surface area contributed by atoms with Gasteiger partial charge in [-0.2, -0.15) is 4.98 Å². The van der Waals surface area contributed by atoms with Crippen LogP contribution in [0.5, 0.6) is 0 Å². The Labute approximate surface area is 153 Å². The predicted octanol–water partition coefficient (Wildman–Crippen LogP) is 3.38. The molecule has 2 aromatic heterocycles. The molecule has 0 saturated carbocycles. The predicted molar refractivity (Wildman–Crippen MR) is 98.6 cm³/mol. The number of aromatic nitrogens is 2. The largest absolute Gasteiger partial charge is 0.423 e. The zero-order valence-electron chi connectivity index (χ0n) is 13.5. The number of oxazole rings is 1. The Hall–Kier alpha value is -2.41. The van der Waals surface area contributed by atoms with Gasteiger partial charge in [0.2, 0.25) is 0 Å². The molecule has 1 aliphatic heterocycles. The van der Waals surface area contributed by atoms with Gasteiger partial charge in [-0.15, -0.1) is 0 Å². The van der Waals surface area contributed by atoms with Gasteiger partial charge in [0.25, 0.3) is 11.9 Å². The van der Waals surface area contributed by atoms with Gasteiger partial charge in [0.1, 0.15) is 5.52 Å². The monoisotopic (exact) mass is 400 g/mol. The second-order valence-electron chi connectivity index (χ2n) is 6.06. The standard InChI is InChI=1S/C18H17BrN4O2/c19-13-8-12(9-20-10-13)17(24)21-11-14-4-3-7-23(14)18-22-15-5-1-2-6-16(15)25-18/h1-2,5-6,8-10,14H,3-4,7,11H2,(H,21,24). The number of anilines is 1. The lowest BCUT2D eigenvalue weighted by atomic mass is 10.2. The van der Waals surface area contributed by atoms with Crippen molar-refractivity contribution in [2.45, 2.75) is 18.9 Å². The highest BCUT2D eigenvalue weighted by atomic mass is 79.9. The Morgan fingerprint density at radius 2 is 2.24 bits per heavy atom. The number of para-hydroxylation sites is 2. The summed E-state index contributed by atoms with van der Waals surface area (Å²) in [6, 6.07) is 10.3. The van der Waals surface area contributed by atoms with E-state index in [-0.39, 0.29) is 11.9 Å². The summed E-state index contributed by atoms with van der Waals surface area (Å²) in [6.07, 6.45) is 5.27. The lowest BCUT2D eigenvalue weighted by molar-refractivity contribution is 0.0950. The molecular formula is C18H17BrN4O2. The van der Waals surface area contributed by atoms with Crippen molar-refractivity contribution in [1.29, 1.82) is 0 Å². The number of fused-ring (bicyclic) bond motifs is 1. The highest BCUT2D eigenvalue weighted by molar-refractivity contribution is 9.10. The summed E-state index contributed by atoms with van der Waals surface area (Å²) in [5, 5.41) is 2.99. The minimum absolute atomic E-state index is 0.127. The fourth-order valence-corrected chi connectivity index (χ4v) is 3.50. The van der Waals surface area contributed by atoms with Crippen LogP contribution in [0.3, 0.4) is 0 Å². The van der Waals surface area contributed by atoms with Crippen LogP contribution in [0.25, 0.3) is 11.1 Å². The first-order chi connectivity index (χ1) is 12.2. The molecule has 1 N–H and O–H groups in total. The Balaban J connectivity index is 1.45. The number of amides is 1. The van der Waals surface area contributed by atoms with E-state index in [1.54, 1.807) is 18.5 Å². The zero-order valence-corrected chi connectivity index (χ0v) is 15.1. The van der Waals surface area contributed by atoms with Crippen molar-refractivity contribution in [3.05, 3.63) is 52.8 Å². The van der Waals surface area contributed by atoms with Gasteiger partial charge in [-0.25, -0.2) is 0 Å². The summed E-state index contributed by atoms with van der Waals surface area (Å²) in [7, 11) is 0. The third-order valence-electron chi connectivity index (χ3n) is 4.37. The first-order valence-electron chi connectivity index (χ1n) is 8.22. The normalized spacial score (nSPS) is 17.2. The van der Waals surface area contributed by atoms with Gasteiger partial charge in [-0.3, -0.25) is 9.78 Å². The summed E-state index contributed by atoms with van der Waals surface area (Å²) < 4.78 is 6.66. The van der Waals surface area contributed by atoms with Crippen LogP contribution in [0.15, 0.2) is 51.6 Å². The molecule has 0 spiro atoms. The highest BCUT2D eigenvalue weighted by Crippen LogP contribution is 2.28. The molecule has 1 aromatic carbocycles. The van der Waals surface area contributed by atoms with E-state index in [4.69, 9.17) is 4.42 Å². The topological polar surface area (TPSA) is 71.3 Å². The molecule has 1 amide bonds. The van der Waals surface area contributed by atoms with Gasteiger partial charge in [-0.1, -0.05) is 12.1 Å². The van der Waals surface area contributed by atoms with Crippen LogP contribution in [0.1, 0.15) is 23.2 Å². The summed E-state index contributed by atoms with van der Waals surface area (Å²) in [6.45, 7) is 1.43. The zero-order chi connectivity index (χ0) is 17.2. The fraction of sp³-hybridized carbons (Fsp3) is 0.278. The minimum atomic E-state index is -0.127. The minimum Gasteiger partial charge on any atom is -0.423 e. The van der Waals surface area contributed by atoms with Crippen LogP contribution < -0.4 is 10.2 Å². The molecule has 1 aliphatic rings. The lowest BCUT2D eigenvalue weighted by Gasteiger charge is -2.23. The summed E-state index contributed by atoms with van der Waals surface area (Å²) in [5.74, 6) is -0.127. The number of hydrogen-bond donors (Lipinski definition) is 1. The molecule has 0 radical (unpaired) electrons. The number of pyridine rings is 1. The summed E-state index contributed by atoms with van der Waals surface area (Å²) in [5.41, 5.74) is 2.18. The smallest absolute Gasteiger partial charge is 0.298 e. The second kappa shape index (κ2) is 6.84. The van der Waals surface area contributed by atoms with Crippen LogP contribution in [0.4, 0.5) is 6.01 Å². The molecule has 3 heterocycles. The molecule has 7 heteroatoms. The molecule has 0 aliphatic carbocycles. The number of rotatable bonds is 4. The van der Waals surface area contributed by atoms with E-state index in [0.29, 0.717) is 18.1 Å². The van der Waals surface area contributed by atoms with Gasteiger partial charge in [0, 0.05) is 30.0 Å². The maximum absolute atomic E-state index is 12.3. The van der Waals surface area contributed by atoms with Crippen molar-refractivity contribution in [2.75, 3.05) is 18.0 Å². The summed E-state index contributed by atoms with van der Waals surface area (Å²) >= 11 is 3.33. The van der Waals surface area contributed by atoms with E-state index in [9.17, 15) is 4.79 Å². The number of nitrogens with one attached hydrogen (secondary N) is 1. The number of halogens is 1.